The van der Waals surface area contributed by atoms with Gasteiger partial charge in [-0.25, -0.2) is 9.78 Å². The van der Waals surface area contributed by atoms with Crippen LogP contribution in [0.3, 0.4) is 0 Å². The summed E-state index contributed by atoms with van der Waals surface area (Å²) < 4.78 is 4.88. The van der Waals surface area contributed by atoms with Crippen LogP contribution < -0.4 is 5.32 Å². The van der Waals surface area contributed by atoms with Crippen molar-refractivity contribution in [2.45, 2.75) is 13.5 Å². The number of carbonyl (C=O) groups is 2. The quantitative estimate of drug-likeness (QED) is 0.842. The maximum Gasteiger partial charge on any atom is 0.340 e. The minimum absolute atomic E-state index is 0.272. The number of carbonyl (C=O) groups excluding carboxylic acids is 2. The van der Waals surface area contributed by atoms with Crippen LogP contribution in [0.1, 0.15) is 32.1 Å². The van der Waals surface area contributed by atoms with Gasteiger partial charge < -0.3 is 10.1 Å². The molecule has 23 heavy (non-hydrogen) atoms. The number of fused-ring (bicyclic) bond motifs is 1. The van der Waals surface area contributed by atoms with Crippen molar-refractivity contribution in [2.75, 3.05) is 7.11 Å². The molecule has 0 unspecified atom stereocenters. The number of aryl methyl sites for hydroxylation is 1. The van der Waals surface area contributed by atoms with E-state index in [0.29, 0.717) is 43.7 Å². The zero-order chi connectivity index (χ0) is 16.7. The van der Waals surface area contributed by atoms with Gasteiger partial charge in [-0.3, -0.25) is 4.79 Å². The van der Waals surface area contributed by atoms with E-state index < -0.39 is 5.97 Å². The fourth-order valence-electron chi connectivity index (χ4n) is 2.69. The molecule has 118 valence electrons. The van der Waals surface area contributed by atoms with Crippen LogP contribution in [-0.2, 0) is 11.3 Å². The van der Waals surface area contributed by atoms with Crippen molar-refractivity contribution >= 4 is 35.1 Å². The second-order valence-corrected chi connectivity index (χ2v) is 5.92. The highest BCUT2D eigenvalue weighted by Gasteiger charge is 2.31. The number of halogens is 2. The normalized spacial score (nSPS) is 12.8. The average Bonchev–Trinajstić information content (AvgIpc) is 2.87. The molecule has 2 aromatic rings. The highest BCUT2D eigenvalue weighted by molar-refractivity contribution is 6.36. The van der Waals surface area contributed by atoms with Crippen LogP contribution in [0, 0.1) is 6.92 Å². The molecule has 3 rings (SSSR count). The molecule has 0 radical (unpaired) electrons. The van der Waals surface area contributed by atoms with Crippen molar-refractivity contribution in [3.63, 3.8) is 0 Å². The SMILES string of the molecule is COC(=O)c1c(C)nc2c(c1-c1ccc(Cl)cc1Cl)CNC2=O. The Morgan fingerprint density at radius 2 is 2.09 bits per heavy atom. The molecule has 7 heteroatoms. The summed E-state index contributed by atoms with van der Waals surface area (Å²) in [5.41, 5.74) is 2.80. The summed E-state index contributed by atoms with van der Waals surface area (Å²) in [5.74, 6) is -0.802. The Labute approximate surface area is 142 Å². The topological polar surface area (TPSA) is 68.3 Å². The van der Waals surface area contributed by atoms with Crippen molar-refractivity contribution in [1.82, 2.24) is 10.3 Å². The fourth-order valence-corrected chi connectivity index (χ4v) is 3.20. The van der Waals surface area contributed by atoms with Gasteiger partial charge in [0.2, 0.25) is 0 Å². The van der Waals surface area contributed by atoms with Crippen molar-refractivity contribution < 1.29 is 14.3 Å². The van der Waals surface area contributed by atoms with Crippen molar-refractivity contribution in [3.8, 4) is 11.1 Å². The lowest BCUT2D eigenvalue weighted by Gasteiger charge is -2.15. The molecule has 1 aliphatic heterocycles. The Hall–Kier alpha value is -2.11. The van der Waals surface area contributed by atoms with Crippen LogP contribution >= 0.6 is 23.2 Å². The number of pyridine rings is 1. The van der Waals surface area contributed by atoms with E-state index in [4.69, 9.17) is 27.9 Å². The minimum atomic E-state index is -0.529. The van der Waals surface area contributed by atoms with E-state index in [2.05, 4.69) is 10.3 Å². The number of hydrogen-bond acceptors (Lipinski definition) is 4. The third-order valence-corrected chi connectivity index (χ3v) is 4.26. The van der Waals surface area contributed by atoms with Gasteiger partial charge in [-0.1, -0.05) is 29.3 Å². The Bertz CT molecular complexity index is 850. The van der Waals surface area contributed by atoms with Crippen LogP contribution in [0.25, 0.3) is 11.1 Å². The fraction of sp³-hybridized carbons (Fsp3) is 0.188. The molecule has 1 aromatic heterocycles. The lowest BCUT2D eigenvalue weighted by molar-refractivity contribution is 0.0599. The summed E-state index contributed by atoms with van der Waals surface area (Å²) in [6, 6.07) is 4.98. The van der Waals surface area contributed by atoms with E-state index in [1.165, 1.54) is 7.11 Å². The van der Waals surface area contributed by atoms with E-state index in [1.54, 1.807) is 25.1 Å². The number of nitrogens with zero attached hydrogens (tertiary/aromatic N) is 1. The summed E-state index contributed by atoms with van der Waals surface area (Å²) in [7, 11) is 1.30. The predicted octanol–water partition coefficient (Wildman–Crippen LogP) is 3.39. The molecular weight excluding hydrogens is 339 g/mol. The van der Waals surface area contributed by atoms with Crippen LogP contribution in [0.15, 0.2) is 18.2 Å². The van der Waals surface area contributed by atoms with E-state index >= 15 is 0 Å². The van der Waals surface area contributed by atoms with Crippen molar-refractivity contribution in [3.05, 3.63) is 50.8 Å². The smallest absolute Gasteiger partial charge is 0.340 e. The summed E-state index contributed by atoms with van der Waals surface area (Å²) in [6.07, 6.45) is 0. The van der Waals surface area contributed by atoms with E-state index in [0.717, 1.165) is 0 Å². The third kappa shape index (κ3) is 2.56. The van der Waals surface area contributed by atoms with Crippen LogP contribution in [-0.4, -0.2) is 24.0 Å². The Kier molecular flexibility index (Phi) is 4.00. The van der Waals surface area contributed by atoms with Crippen LogP contribution in [0.4, 0.5) is 0 Å². The van der Waals surface area contributed by atoms with Gasteiger partial charge in [0.1, 0.15) is 5.69 Å². The number of nitrogens with one attached hydrogen (secondary N) is 1. The van der Waals surface area contributed by atoms with Gasteiger partial charge >= 0.3 is 5.97 Å². The number of benzene rings is 1. The average molecular weight is 351 g/mol. The number of rotatable bonds is 2. The van der Waals surface area contributed by atoms with E-state index in [-0.39, 0.29) is 12.5 Å². The zero-order valence-electron chi connectivity index (χ0n) is 12.4. The molecule has 1 amide bonds. The van der Waals surface area contributed by atoms with Gasteiger partial charge in [0.15, 0.2) is 0 Å². The molecule has 0 bridgehead atoms. The Balaban J connectivity index is 2.39. The first-order valence-electron chi connectivity index (χ1n) is 6.79. The lowest BCUT2D eigenvalue weighted by Crippen LogP contribution is -2.14. The second-order valence-electron chi connectivity index (χ2n) is 5.07. The molecule has 0 aliphatic carbocycles. The van der Waals surface area contributed by atoms with Crippen LogP contribution in [0.2, 0.25) is 10.0 Å². The molecule has 0 saturated carbocycles. The van der Waals surface area contributed by atoms with Gasteiger partial charge in [-0.05, 0) is 19.1 Å². The predicted molar refractivity (Wildman–Crippen MR) is 86.9 cm³/mol. The van der Waals surface area contributed by atoms with Gasteiger partial charge in [0.25, 0.3) is 5.91 Å². The lowest BCUT2D eigenvalue weighted by atomic mass is 9.93. The maximum atomic E-state index is 12.3. The Morgan fingerprint density at radius 1 is 1.35 bits per heavy atom. The number of ether oxygens (including phenoxy) is 1. The molecule has 0 spiro atoms. The number of hydrogen-bond donors (Lipinski definition) is 1. The van der Waals surface area contributed by atoms with Crippen molar-refractivity contribution in [2.24, 2.45) is 0 Å². The Morgan fingerprint density at radius 3 is 2.74 bits per heavy atom. The molecular formula is C16H12Cl2N2O3. The second kappa shape index (κ2) is 5.83. The molecule has 0 atom stereocenters. The zero-order valence-corrected chi connectivity index (χ0v) is 13.9. The first-order chi connectivity index (χ1) is 10.9. The highest BCUT2D eigenvalue weighted by Crippen LogP contribution is 2.38. The summed E-state index contributed by atoms with van der Waals surface area (Å²) in [6.45, 7) is 1.94. The van der Waals surface area contributed by atoms with E-state index in [1.807, 2.05) is 0 Å². The van der Waals surface area contributed by atoms with E-state index in [9.17, 15) is 9.59 Å². The first kappa shape index (κ1) is 15.8. The maximum absolute atomic E-state index is 12.3. The monoisotopic (exact) mass is 350 g/mol. The molecule has 1 aromatic carbocycles. The third-order valence-electron chi connectivity index (χ3n) is 3.71. The standard InChI is InChI=1S/C16H12Cl2N2O3/c1-7-12(16(22)23-2)13(9-4-3-8(17)5-11(9)18)10-6-19-15(21)14(10)20-7/h3-5H,6H2,1-2H3,(H,19,21). The summed E-state index contributed by atoms with van der Waals surface area (Å²) in [4.78, 5) is 28.5. The molecule has 1 aliphatic rings. The summed E-state index contributed by atoms with van der Waals surface area (Å²) in [5, 5.41) is 3.58. The minimum Gasteiger partial charge on any atom is -0.465 e. The van der Waals surface area contributed by atoms with Gasteiger partial charge in [0, 0.05) is 33.3 Å². The number of amides is 1. The van der Waals surface area contributed by atoms with Crippen LogP contribution in [0.5, 0.6) is 0 Å². The molecule has 0 saturated heterocycles. The van der Waals surface area contributed by atoms with Crippen molar-refractivity contribution in [1.29, 1.82) is 0 Å². The number of aromatic nitrogens is 1. The molecule has 2 heterocycles. The highest BCUT2D eigenvalue weighted by atomic mass is 35.5. The number of methoxy groups -OCH3 is 1. The molecule has 5 nitrogen and oxygen atoms in total. The van der Waals surface area contributed by atoms with Gasteiger partial charge in [-0.2, -0.15) is 0 Å². The first-order valence-corrected chi connectivity index (χ1v) is 7.55. The molecule has 1 N–H and O–H groups in total. The van der Waals surface area contributed by atoms with Gasteiger partial charge in [-0.15, -0.1) is 0 Å². The number of esters is 1. The molecule has 0 fully saturated rings. The summed E-state index contributed by atoms with van der Waals surface area (Å²) >= 11 is 12.3. The largest absolute Gasteiger partial charge is 0.465 e. The van der Waals surface area contributed by atoms with Gasteiger partial charge in [0.05, 0.1) is 18.4 Å².